The summed E-state index contributed by atoms with van der Waals surface area (Å²) in [7, 11) is 0. The Morgan fingerprint density at radius 3 is 0.956 bits per heavy atom. The van der Waals surface area contributed by atoms with Crippen LogP contribution in [-0.4, -0.2) is 24.1 Å². The molecule has 15 aromatic rings. The first-order chi connectivity index (χ1) is 43.8. The quantitative estimate of drug-likeness (QED) is 0.137. The first-order valence-electron chi connectivity index (χ1n) is 30.9. The number of nitriles is 1. The van der Waals surface area contributed by atoms with Crippen molar-refractivity contribution >= 4 is 43.6 Å². The third kappa shape index (κ3) is 9.55. The second-order valence-corrected chi connectivity index (χ2v) is 24.4. The molecule has 0 spiro atoms. The summed E-state index contributed by atoms with van der Waals surface area (Å²) < 4.78 is 4.80. The van der Waals surface area contributed by atoms with Crippen molar-refractivity contribution in [3.05, 3.63) is 293 Å². The highest BCUT2D eigenvalue weighted by atomic mass is 15.0. The minimum Gasteiger partial charge on any atom is -0.309 e. The van der Waals surface area contributed by atoms with Gasteiger partial charge in [-0.3, -0.25) is 0 Å². The summed E-state index contributed by atoms with van der Waals surface area (Å²) in [5.41, 5.74) is 29.4. The lowest BCUT2D eigenvalue weighted by atomic mass is 9.91. The number of fused-ring (bicyclic) bond motifs is 6. The highest BCUT2D eigenvalue weighted by molar-refractivity contribution is 6.15. The van der Waals surface area contributed by atoms with Crippen molar-refractivity contribution in [1.82, 2.24) is 24.1 Å². The Labute approximate surface area is 525 Å². The molecule has 0 N–H and O–H groups in total. The fourth-order valence-electron chi connectivity index (χ4n) is 14.0. The van der Waals surface area contributed by atoms with Gasteiger partial charge in [-0.1, -0.05) is 198 Å². The molecule has 0 aliphatic carbocycles. The molecule has 6 heteroatoms. The summed E-state index contributed by atoms with van der Waals surface area (Å²) in [4.78, 5) is 16.2. The van der Waals surface area contributed by atoms with Crippen LogP contribution in [-0.2, 0) is 0 Å². The summed E-state index contributed by atoms with van der Waals surface area (Å²) in [6.45, 7) is 17.4. The van der Waals surface area contributed by atoms with E-state index in [-0.39, 0.29) is 0 Å². The average molecular weight is 1160 g/mol. The molecule has 6 nitrogen and oxygen atoms in total. The Balaban J connectivity index is 1.08. The molecular formula is C84H64N6. The lowest BCUT2D eigenvalue weighted by molar-refractivity contribution is 1.07. The molecule has 0 aliphatic heterocycles. The van der Waals surface area contributed by atoms with Gasteiger partial charge >= 0.3 is 0 Å². The molecule has 0 bridgehead atoms. The smallest absolute Gasteiger partial charge is 0.164 e. The highest BCUT2D eigenvalue weighted by Gasteiger charge is 2.28. The Morgan fingerprint density at radius 1 is 0.278 bits per heavy atom. The van der Waals surface area contributed by atoms with E-state index in [0.29, 0.717) is 23.0 Å². The van der Waals surface area contributed by atoms with Crippen LogP contribution in [0.5, 0.6) is 0 Å². The van der Waals surface area contributed by atoms with Crippen molar-refractivity contribution in [2.75, 3.05) is 0 Å². The van der Waals surface area contributed by atoms with Gasteiger partial charge in [0.05, 0.1) is 45.1 Å². The minimum atomic E-state index is 0.478. The second-order valence-electron chi connectivity index (χ2n) is 24.4. The van der Waals surface area contributed by atoms with Crippen molar-refractivity contribution in [1.29, 1.82) is 5.26 Å². The van der Waals surface area contributed by atoms with Gasteiger partial charge in [-0.2, -0.15) is 5.26 Å². The average Bonchev–Trinajstić information content (AvgIpc) is 1.52. The number of benzene rings is 12. The standard InChI is InChI=1S/C84H64N6/c1-50-25-33-65(54(5)41-50)60-29-37-74-70(45-60)71-46-61(66-34-26-51(2)42-55(66)6)30-38-75(71)89(74)78-23-15-21-64(49-85)80(78)81-69(84-87-82(58-17-11-9-12-18-58)86-83(88-84)59-19-13-10-14-20-59)22-16-24-79(81)90-76-39-31-62(67-35-27-52(3)43-56(67)7)47-72(76)73-48-63(32-40-77(73)90)68-36-28-53(4)44-57(68)8/h9-48H,1-8H3. The largest absolute Gasteiger partial charge is 0.309 e. The molecule has 3 aromatic heterocycles. The molecule has 0 saturated carbocycles. The number of aromatic nitrogens is 5. The number of hydrogen-bond donors (Lipinski definition) is 0. The number of hydrogen-bond acceptors (Lipinski definition) is 4. The monoisotopic (exact) mass is 1160 g/mol. The Kier molecular flexibility index (Phi) is 13.6. The van der Waals surface area contributed by atoms with Crippen molar-refractivity contribution in [2.24, 2.45) is 0 Å². The molecule has 0 amide bonds. The van der Waals surface area contributed by atoms with Crippen molar-refractivity contribution in [2.45, 2.75) is 55.4 Å². The molecule has 12 aromatic carbocycles. The van der Waals surface area contributed by atoms with E-state index in [1.54, 1.807) is 0 Å². The Hall–Kier alpha value is -11.3. The maximum Gasteiger partial charge on any atom is 0.164 e. The van der Waals surface area contributed by atoms with Gasteiger partial charge in [-0.15, -0.1) is 0 Å². The molecule has 0 radical (unpaired) electrons. The maximum atomic E-state index is 11.9. The lowest BCUT2D eigenvalue weighted by Gasteiger charge is -2.22. The van der Waals surface area contributed by atoms with Crippen LogP contribution in [0.25, 0.3) is 145 Å². The van der Waals surface area contributed by atoms with Crippen LogP contribution in [0.4, 0.5) is 0 Å². The predicted molar refractivity (Wildman–Crippen MR) is 375 cm³/mol. The Bertz CT molecular complexity index is 5190. The Morgan fingerprint density at radius 2 is 0.611 bits per heavy atom. The normalized spacial score (nSPS) is 11.5. The van der Waals surface area contributed by atoms with Gasteiger partial charge in [0.25, 0.3) is 0 Å². The molecule has 0 fully saturated rings. The van der Waals surface area contributed by atoms with Gasteiger partial charge in [0, 0.05) is 49.4 Å². The zero-order chi connectivity index (χ0) is 61.5. The van der Waals surface area contributed by atoms with E-state index in [9.17, 15) is 5.26 Å². The zero-order valence-electron chi connectivity index (χ0n) is 51.8. The minimum absolute atomic E-state index is 0.478. The van der Waals surface area contributed by atoms with Crippen LogP contribution in [0, 0.1) is 66.7 Å². The van der Waals surface area contributed by atoms with Gasteiger partial charge < -0.3 is 9.13 Å². The molecule has 430 valence electrons. The van der Waals surface area contributed by atoms with Crippen LogP contribution >= 0.6 is 0 Å². The fourth-order valence-corrected chi connectivity index (χ4v) is 14.0. The topological polar surface area (TPSA) is 72.3 Å². The van der Waals surface area contributed by atoms with E-state index in [4.69, 9.17) is 15.0 Å². The molecule has 0 aliphatic rings. The van der Waals surface area contributed by atoms with E-state index < -0.39 is 0 Å². The summed E-state index contributed by atoms with van der Waals surface area (Å²) >= 11 is 0. The third-order valence-electron chi connectivity index (χ3n) is 18.2. The van der Waals surface area contributed by atoms with Crippen molar-refractivity contribution in [3.8, 4) is 107 Å². The first-order valence-corrected chi connectivity index (χ1v) is 30.9. The SMILES string of the molecule is Cc1ccc(-c2ccc3c(c2)c2cc(-c4ccc(C)cc4C)ccc2n3-c2cccc(C#N)c2-c2c(-c3nc(-c4ccccc4)nc(-c4ccccc4)n3)cccc2-n2c3ccc(-c4ccc(C)cc4C)cc3c3cc(-c4ccc(C)cc4C)ccc32)c(C)c1. The molecule has 0 atom stereocenters. The maximum absolute atomic E-state index is 11.9. The first kappa shape index (κ1) is 55.3. The van der Waals surface area contributed by atoms with Gasteiger partial charge in [-0.05, 0) is 189 Å². The summed E-state index contributed by atoms with van der Waals surface area (Å²) in [6, 6.07) is 90.1. The molecule has 3 heterocycles. The van der Waals surface area contributed by atoms with Crippen molar-refractivity contribution < 1.29 is 0 Å². The van der Waals surface area contributed by atoms with E-state index in [0.717, 1.165) is 105 Å². The number of nitrogens with zero attached hydrogens (tertiary/aromatic N) is 6. The van der Waals surface area contributed by atoms with Crippen LogP contribution in [0.3, 0.4) is 0 Å². The van der Waals surface area contributed by atoms with Crippen LogP contribution < -0.4 is 0 Å². The third-order valence-corrected chi connectivity index (χ3v) is 18.2. The van der Waals surface area contributed by atoms with Gasteiger partial charge in [-0.25, -0.2) is 15.0 Å². The van der Waals surface area contributed by atoms with Gasteiger partial charge in [0.15, 0.2) is 17.5 Å². The predicted octanol–water partition coefficient (Wildman–Crippen LogP) is 21.7. The van der Waals surface area contributed by atoms with Crippen LogP contribution in [0.1, 0.15) is 50.1 Å². The molecule has 90 heavy (non-hydrogen) atoms. The molecule has 15 rings (SSSR count). The number of aryl methyl sites for hydroxylation is 8. The van der Waals surface area contributed by atoms with E-state index >= 15 is 0 Å². The second kappa shape index (κ2) is 22.2. The van der Waals surface area contributed by atoms with E-state index in [1.807, 2.05) is 72.8 Å². The van der Waals surface area contributed by atoms with Gasteiger partial charge in [0.2, 0.25) is 0 Å². The number of rotatable bonds is 10. The van der Waals surface area contributed by atoms with E-state index in [2.05, 4.69) is 240 Å². The zero-order valence-corrected chi connectivity index (χ0v) is 51.8. The molecule has 0 saturated heterocycles. The summed E-state index contributed by atoms with van der Waals surface area (Å²) in [5.74, 6) is 1.56. The lowest BCUT2D eigenvalue weighted by Crippen LogP contribution is -2.07. The van der Waals surface area contributed by atoms with E-state index in [1.165, 1.54) is 66.8 Å². The summed E-state index contributed by atoms with van der Waals surface area (Å²) in [5, 5.41) is 16.3. The van der Waals surface area contributed by atoms with Crippen molar-refractivity contribution in [3.63, 3.8) is 0 Å². The van der Waals surface area contributed by atoms with Crippen LogP contribution in [0.2, 0.25) is 0 Å². The highest BCUT2D eigenvalue weighted by Crippen LogP contribution is 2.48. The summed E-state index contributed by atoms with van der Waals surface area (Å²) in [6.07, 6.45) is 0. The molecule has 0 unspecified atom stereocenters. The fraction of sp³-hybridized carbons (Fsp3) is 0.0952. The van der Waals surface area contributed by atoms with Gasteiger partial charge in [0.1, 0.15) is 0 Å². The molecular weight excluding hydrogens is 1090 g/mol. The van der Waals surface area contributed by atoms with Crippen LogP contribution in [0.15, 0.2) is 243 Å².